The van der Waals surface area contributed by atoms with Crippen molar-refractivity contribution in [1.29, 1.82) is 5.26 Å². The number of halogens is 1. The predicted molar refractivity (Wildman–Crippen MR) is 80.9 cm³/mol. The smallest absolute Gasteiger partial charge is 0.264 e. The molecule has 0 bridgehead atoms. The van der Waals surface area contributed by atoms with Crippen molar-refractivity contribution in [1.82, 2.24) is 4.57 Å². The molecule has 19 heavy (non-hydrogen) atoms. The van der Waals surface area contributed by atoms with E-state index in [-0.39, 0.29) is 12.2 Å². The number of nitrogens with zero attached hydrogens (tertiary/aromatic N) is 2. The molecule has 0 amide bonds. The van der Waals surface area contributed by atoms with Crippen LogP contribution in [-0.2, 0) is 7.05 Å². The molecule has 0 saturated carbocycles. The zero-order valence-electron chi connectivity index (χ0n) is 10.3. The summed E-state index contributed by atoms with van der Waals surface area (Å²) in [6, 6.07) is 12.9. The summed E-state index contributed by atoms with van der Waals surface area (Å²) in [6.45, 7) is 0.0291. The highest BCUT2D eigenvalue weighted by molar-refractivity contribution is 14.1. The SMILES string of the molecule is Cn1c(-c2ccc(OCC#N)cc2)ccc(I)c1=O. The Kier molecular flexibility index (Phi) is 4.22. The largest absolute Gasteiger partial charge is 0.479 e. The fraction of sp³-hybridized carbons (Fsp3) is 0.143. The van der Waals surface area contributed by atoms with Gasteiger partial charge in [-0.2, -0.15) is 5.26 Å². The molecule has 1 heterocycles. The highest BCUT2D eigenvalue weighted by Gasteiger charge is 2.06. The molecule has 4 nitrogen and oxygen atoms in total. The molecular formula is C14H11IN2O2. The Morgan fingerprint density at radius 3 is 2.58 bits per heavy atom. The average Bonchev–Trinajstić information content (AvgIpc) is 2.44. The van der Waals surface area contributed by atoms with Gasteiger partial charge in [-0.05, 0) is 64.6 Å². The number of hydrogen-bond acceptors (Lipinski definition) is 3. The third-order valence-corrected chi connectivity index (χ3v) is 3.53. The van der Waals surface area contributed by atoms with Crippen molar-refractivity contribution in [3.63, 3.8) is 0 Å². The lowest BCUT2D eigenvalue weighted by Gasteiger charge is -2.09. The standard InChI is InChI=1S/C14H11IN2O2/c1-17-13(7-6-12(15)14(17)18)10-2-4-11(5-3-10)19-9-8-16/h2-7H,9H2,1H3. The third-order valence-electron chi connectivity index (χ3n) is 2.71. The topological polar surface area (TPSA) is 55.0 Å². The number of hydrogen-bond donors (Lipinski definition) is 0. The lowest BCUT2D eigenvalue weighted by atomic mass is 10.1. The van der Waals surface area contributed by atoms with Gasteiger partial charge >= 0.3 is 0 Å². The minimum absolute atomic E-state index is 0.0112. The van der Waals surface area contributed by atoms with E-state index in [0.717, 1.165) is 11.3 Å². The molecule has 0 fully saturated rings. The summed E-state index contributed by atoms with van der Waals surface area (Å²) in [6.07, 6.45) is 0. The van der Waals surface area contributed by atoms with Gasteiger partial charge in [0.25, 0.3) is 5.56 Å². The zero-order chi connectivity index (χ0) is 13.8. The number of aromatic nitrogens is 1. The van der Waals surface area contributed by atoms with Crippen molar-refractivity contribution >= 4 is 22.6 Å². The number of pyridine rings is 1. The van der Waals surface area contributed by atoms with Gasteiger partial charge in [-0.3, -0.25) is 4.79 Å². The molecular weight excluding hydrogens is 355 g/mol. The molecule has 0 aliphatic heterocycles. The molecule has 0 aliphatic rings. The van der Waals surface area contributed by atoms with E-state index in [2.05, 4.69) is 0 Å². The average molecular weight is 366 g/mol. The summed E-state index contributed by atoms with van der Waals surface area (Å²) in [4.78, 5) is 11.9. The molecule has 1 aromatic heterocycles. The predicted octanol–water partition coefficient (Wildman–Crippen LogP) is 2.56. The fourth-order valence-corrected chi connectivity index (χ4v) is 2.27. The van der Waals surface area contributed by atoms with Gasteiger partial charge in [0.1, 0.15) is 11.8 Å². The third kappa shape index (κ3) is 2.96. The van der Waals surface area contributed by atoms with Gasteiger partial charge in [-0.1, -0.05) is 0 Å². The highest BCUT2D eigenvalue weighted by atomic mass is 127. The second kappa shape index (κ2) is 5.89. The van der Waals surface area contributed by atoms with Gasteiger partial charge in [0.15, 0.2) is 6.61 Å². The minimum Gasteiger partial charge on any atom is -0.479 e. The molecule has 5 heteroatoms. The van der Waals surface area contributed by atoms with Crippen LogP contribution in [0.4, 0.5) is 0 Å². The van der Waals surface area contributed by atoms with E-state index in [4.69, 9.17) is 10.00 Å². The number of ether oxygens (including phenoxy) is 1. The molecule has 0 N–H and O–H groups in total. The van der Waals surface area contributed by atoms with Gasteiger partial charge in [-0.15, -0.1) is 0 Å². The Balaban J connectivity index is 2.36. The van der Waals surface area contributed by atoms with E-state index in [1.165, 1.54) is 0 Å². The molecule has 0 atom stereocenters. The summed E-state index contributed by atoms with van der Waals surface area (Å²) < 4.78 is 7.50. The molecule has 2 aromatic rings. The van der Waals surface area contributed by atoms with Crippen LogP contribution in [-0.4, -0.2) is 11.2 Å². The van der Waals surface area contributed by atoms with Crippen LogP contribution in [0.2, 0.25) is 0 Å². The first-order valence-corrected chi connectivity index (χ1v) is 6.67. The number of nitriles is 1. The second-order valence-corrected chi connectivity index (χ2v) is 5.06. The maximum atomic E-state index is 11.9. The second-order valence-electron chi connectivity index (χ2n) is 3.90. The summed E-state index contributed by atoms with van der Waals surface area (Å²) in [7, 11) is 1.75. The van der Waals surface area contributed by atoms with E-state index in [1.807, 2.05) is 46.9 Å². The Morgan fingerprint density at radius 1 is 1.26 bits per heavy atom. The minimum atomic E-state index is -0.0112. The van der Waals surface area contributed by atoms with Crippen molar-refractivity contribution in [3.8, 4) is 23.1 Å². The summed E-state index contributed by atoms with van der Waals surface area (Å²) in [5.41, 5.74) is 1.76. The van der Waals surface area contributed by atoms with Crippen LogP contribution in [0.15, 0.2) is 41.2 Å². The summed E-state index contributed by atoms with van der Waals surface area (Å²) in [5, 5.41) is 8.44. The van der Waals surface area contributed by atoms with Crippen LogP contribution >= 0.6 is 22.6 Å². The van der Waals surface area contributed by atoms with E-state index in [9.17, 15) is 4.79 Å². The van der Waals surface area contributed by atoms with Gasteiger partial charge in [-0.25, -0.2) is 0 Å². The summed E-state index contributed by atoms with van der Waals surface area (Å²) >= 11 is 2.02. The maximum Gasteiger partial charge on any atom is 0.264 e. The lowest BCUT2D eigenvalue weighted by molar-refractivity contribution is 0.368. The van der Waals surface area contributed by atoms with E-state index < -0.39 is 0 Å². The normalized spacial score (nSPS) is 9.95. The van der Waals surface area contributed by atoms with E-state index in [1.54, 1.807) is 29.8 Å². The molecule has 0 unspecified atom stereocenters. The fourth-order valence-electron chi connectivity index (χ4n) is 1.73. The van der Waals surface area contributed by atoms with Crippen molar-refractivity contribution in [2.45, 2.75) is 0 Å². The van der Waals surface area contributed by atoms with Crippen molar-refractivity contribution in [3.05, 3.63) is 50.3 Å². The number of rotatable bonds is 3. The monoisotopic (exact) mass is 366 g/mol. The molecule has 0 aliphatic carbocycles. The molecule has 1 aromatic carbocycles. The van der Waals surface area contributed by atoms with Gasteiger partial charge in [0, 0.05) is 7.05 Å². The van der Waals surface area contributed by atoms with Crippen LogP contribution in [0.25, 0.3) is 11.3 Å². The zero-order valence-corrected chi connectivity index (χ0v) is 12.4. The first-order valence-electron chi connectivity index (χ1n) is 5.59. The van der Waals surface area contributed by atoms with Crippen LogP contribution in [0.3, 0.4) is 0 Å². The first-order chi connectivity index (χ1) is 9.13. The Labute approximate surface area is 124 Å². The van der Waals surface area contributed by atoms with Gasteiger partial charge in [0.2, 0.25) is 0 Å². The number of benzene rings is 1. The maximum absolute atomic E-state index is 11.9. The van der Waals surface area contributed by atoms with Gasteiger partial charge in [0.05, 0.1) is 9.26 Å². The molecule has 0 saturated heterocycles. The Hall–Kier alpha value is -1.81. The van der Waals surface area contributed by atoms with E-state index >= 15 is 0 Å². The molecule has 0 spiro atoms. The summed E-state index contributed by atoms with van der Waals surface area (Å²) in [5.74, 6) is 0.640. The first kappa shape index (κ1) is 13.6. The Bertz CT molecular complexity index is 684. The van der Waals surface area contributed by atoms with Crippen molar-refractivity contribution < 1.29 is 4.74 Å². The molecule has 96 valence electrons. The quantitative estimate of drug-likeness (QED) is 0.785. The van der Waals surface area contributed by atoms with Crippen LogP contribution in [0, 0.1) is 14.9 Å². The highest BCUT2D eigenvalue weighted by Crippen LogP contribution is 2.21. The Morgan fingerprint density at radius 2 is 1.95 bits per heavy atom. The lowest BCUT2D eigenvalue weighted by Crippen LogP contribution is -2.20. The van der Waals surface area contributed by atoms with Crippen LogP contribution in [0.1, 0.15) is 0 Å². The molecule has 0 radical (unpaired) electrons. The van der Waals surface area contributed by atoms with E-state index in [0.29, 0.717) is 9.32 Å². The van der Waals surface area contributed by atoms with Crippen LogP contribution in [0.5, 0.6) is 5.75 Å². The van der Waals surface area contributed by atoms with Gasteiger partial charge < -0.3 is 9.30 Å². The molecule has 2 rings (SSSR count). The van der Waals surface area contributed by atoms with Crippen molar-refractivity contribution in [2.24, 2.45) is 7.05 Å². The van der Waals surface area contributed by atoms with Crippen LogP contribution < -0.4 is 10.3 Å². The van der Waals surface area contributed by atoms with Crippen molar-refractivity contribution in [2.75, 3.05) is 6.61 Å².